The summed E-state index contributed by atoms with van der Waals surface area (Å²) in [5.41, 5.74) is 5.58. The van der Waals surface area contributed by atoms with Crippen molar-refractivity contribution in [3.05, 3.63) is 23.9 Å². The number of pyridine rings is 1. The smallest absolute Gasteiger partial charge is 0.252 e. The van der Waals surface area contributed by atoms with Gasteiger partial charge in [-0.25, -0.2) is 4.98 Å². The van der Waals surface area contributed by atoms with Crippen molar-refractivity contribution in [3.63, 3.8) is 0 Å². The van der Waals surface area contributed by atoms with Crippen LogP contribution in [-0.4, -0.2) is 23.1 Å². The third kappa shape index (κ3) is 3.52. The monoisotopic (exact) mass is 257 g/mol. The molecule has 1 aliphatic heterocycles. The molecule has 0 fully saturated rings. The molecule has 0 radical (unpaired) electrons. The fourth-order valence-corrected chi connectivity index (χ4v) is 1.69. The van der Waals surface area contributed by atoms with Crippen LogP contribution in [0.25, 0.3) is 0 Å². The minimum Gasteiger partial charge on any atom is -0.384 e. The molecule has 0 atom stereocenters. The van der Waals surface area contributed by atoms with E-state index in [1.54, 1.807) is 12.1 Å². The summed E-state index contributed by atoms with van der Waals surface area (Å²) in [6, 6.07) is 3.23. The van der Waals surface area contributed by atoms with Gasteiger partial charge < -0.3 is 11.1 Å². The number of amides is 1. The predicted molar refractivity (Wildman–Crippen MR) is 71.3 cm³/mol. The second-order valence-electron chi connectivity index (χ2n) is 4.36. The maximum atomic E-state index is 11.8. The molecule has 1 aliphatic rings. The maximum absolute atomic E-state index is 11.8. The van der Waals surface area contributed by atoms with Gasteiger partial charge in [-0.1, -0.05) is 0 Å². The third-order valence-electron chi connectivity index (χ3n) is 2.91. The van der Waals surface area contributed by atoms with Gasteiger partial charge in [-0.2, -0.15) is 10.2 Å². The van der Waals surface area contributed by atoms with E-state index in [9.17, 15) is 4.79 Å². The minimum atomic E-state index is -0.362. The summed E-state index contributed by atoms with van der Waals surface area (Å²) in [6.45, 7) is 0.501. The van der Waals surface area contributed by atoms with Crippen molar-refractivity contribution in [2.24, 2.45) is 10.2 Å². The Hall–Kier alpha value is -2.42. The fourth-order valence-electron chi connectivity index (χ4n) is 1.69. The van der Waals surface area contributed by atoms with Crippen LogP contribution in [0.3, 0.4) is 0 Å². The second-order valence-corrected chi connectivity index (χ2v) is 4.36. The fraction of sp³-hybridized carbons (Fsp3) is 0.385. The van der Waals surface area contributed by atoms with Gasteiger partial charge in [0.05, 0.1) is 5.56 Å². The zero-order chi connectivity index (χ0) is 13.7. The van der Waals surface area contributed by atoms with E-state index in [4.69, 9.17) is 12.2 Å². The molecule has 2 heterocycles. The highest BCUT2D eigenvalue weighted by Gasteiger charge is 2.38. The molecule has 0 saturated carbocycles. The Balaban J connectivity index is 1.75. The number of rotatable bonds is 6. The number of hydrogen-bond donors (Lipinski definition) is 2. The molecule has 0 spiro atoms. The van der Waals surface area contributed by atoms with Gasteiger partial charge >= 0.3 is 0 Å². The van der Waals surface area contributed by atoms with Crippen molar-refractivity contribution >= 4 is 11.7 Å². The van der Waals surface area contributed by atoms with E-state index < -0.39 is 0 Å². The lowest BCUT2D eigenvalue weighted by Crippen LogP contribution is -2.28. The number of aromatic nitrogens is 1. The van der Waals surface area contributed by atoms with Crippen LogP contribution in [0.5, 0.6) is 0 Å². The van der Waals surface area contributed by atoms with Crippen LogP contribution in [-0.2, 0) is 0 Å². The van der Waals surface area contributed by atoms with E-state index in [1.165, 1.54) is 6.20 Å². The summed E-state index contributed by atoms with van der Waals surface area (Å²) < 4.78 is 0. The molecule has 1 amide bonds. The summed E-state index contributed by atoms with van der Waals surface area (Å²) in [5.74, 6) is 2.78. The molecule has 0 bridgehead atoms. The van der Waals surface area contributed by atoms with Crippen molar-refractivity contribution in [3.8, 4) is 12.3 Å². The van der Waals surface area contributed by atoms with Gasteiger partial charge in [-0.15, -0.1) is 12.3 Å². The number of nitrogens with zero attached hydrogens (tertiary/aromatic N) is 3. The molecule has 98 valence electrons. The normalized spacial score (nSPS) is 14.7. The van der Waals surface area contributed by atoms with Crippen molar-refractivity contribution in [2.45, 2.75) is 24.9 Å². The predicted octanol–water partition coefficient (Wildman–Crippen LogP) is 1.36. The lowest BCUT2D eigenvalue weighted by atomic mass is 10.0. The molecule has 6 heteroatoms. The van der Waals surface area contributed by atoms with Crippen LogP contribution < -0.4 is 11.1 Å². The summed E-state index contributed by atoms with van der Waals surface area (Å²) in [6.07, 6.45) is 8.71. The molecular weight excluding hydrogens is 242 g/mol. The Bertz CT molecular complexity index is 523. The molecule has 0 unspecified atom stereocenters. The van der Waals surface area contributed by atoms with Gasteiger partial charge in [0, 0.05) is 32.0 Å². The minimum absolute atomic E-state index is 0.180. The highest BCUT2D eigenvalue weighted by Crippen LogP contribution is 2.35. The highest BCUT2D eigenvalue weighted by atomic mass is 16.1. The molecule has 0 saturated heterocycles. The number of nitrogen functional groups attached to an aromatic ring is 1. The van der Waals surface area contributed by atoms with Gasteiger partial charge in [-0.05, 0) is 12.1 Å². The van der Waals surface area contributed by atoms with Gasteiger partial charge in [0.1, 0.15) is 5.82 Å². The second kappa shape index (κ2) is 5.48. The average Bonchev–Trinajstić information content (AvgIpc) is 3.17. The van der Waals surface area contributed by atoms with Crippen LogP contribution in [0.15, 0.2) is 28.6 Å². The topological polar surface area (TPSA) is 92.7 Å². The van der Waals surface area contributed by atoms with Gasteiger partial charge in [0.15, 0.2) is 5.66 Å². The molecule has 6 nitrogen and oxygen atoms in total. The molecule has 19 heavy (non-hydrogen) atoms. The van der Waals surface area contributed by atoms with E-state index in [1.807, 2.05) is 0 Å². The number of nitrogens with one attached hydrogen (secondary N) is 1. The number of nitrogens with two attached hydrogens (primary N) is 1. The Labute approximate surface area is 111 Å². The average molecular weight is 257 g/mol. The summed E-state index contributed by atoms with van der Waals surface area (Å²) in [7, 11) is 0. The van der Waals surface area contributed by atoms with Crippen LogP contribution in [0.1, 0.15) is 29.6 Å². The standard InChI is InChI=1S/C13H15N5O/c1-2-3-6-13(17-18-13)7-8-15-12(19)10-4-5-11(14)16-9-10/h1,4-5,9H,3,6-8H2,(H2,14,16)(H,15,19). The summed E-state index contributed by atoms with van der Waals surface area (Å²) in [5, 5.41) is 10.8. The molecular formula is C13H15N5O. The molecule has 0 aliphatic carbocycles. The largest absolute Gasteiger partial charge is 0.384 e. The Morgan fingerprint density at radius 2 is 2.21 bits per heavy atom. The molecule has 2 rings (SSSR count). The number of carbonyl (C=O) groups excluding carboxylic acids is 1. The van der Waals surface area contributed by atoms with Gasteiger partial charge in [-0.3, -0.25) is 4.79 Å². The van der Waals surface area contributed by atoms with E-state index in [0.29, 0.717) is 30.8 Å². The van der Waals surface area contributed by atoms with E-state index in [-0.39, 0.29) is 11.6 Å². The van der Waals surface area contributed by atoms with Crippen molar-refractivity contribution in [2.75, 3.05) is 12.3 Å². The summed E-state index contributed by atoms with van der Waals surface area (Å²) >= 11 is 0. The molecule has 3 N–H and O–H groups in total. The first-order valence-corrected chi connectivity index (χ1v) is 6.02. The molecule has 1 aromatic rings. The van der Waals surface area contributed by atoms with Gasteiger partial charge in [0.25, 0.3) is 5.91 Å². The Morgan fingerprint density at radius 1 is 1.42 bits per heavy atom. The van der Waals surface area contributed by atoms with E-state index in [0.717, 1.165) is 6.42 Å². The first-order valence-electron chi connectivity index (χ1n) is 6.02. The van der Waals surface area contributed by atoms with Crippen molar-refractivity contribution in [1.29, 1.82) is 0 Å². The zero-order valence-corrected chi connectivity index (χ0v) is 10.5. The highest BCUT2D eigenvalue weighted by molar-refractivity contribution is 5.93. The lowest BCUT2D eigenvalue weighted by molar-refractivity contribution is 0.0951. The first kappa shape index (κ1) is 13.0. The van der Waals surface area contributed by atoms with E-state index >= 15 is 0 Å². The summed E-state index contributed by atoms with van der Waals surface area (Å²) in [4.78, 5) is 15.7. The first-order chi connectivity index (χ1) is 9.15. The molecule has 0 aromatic carbocycles. The Kier molecular flexibility index (Phi) is 3.76. The van der Waals surface area contributed by atoms with Crippen molar-refractivity contribution in [1.82, 2.24) is 10.3 Å². The molecule has 1 aromatic heterocycles. The zero-order valence-electron chi connectivity index (χ0n) is 10.5. The quantitative estimate of drug-likeness (QED) is 0.753. The van der Waals surface area contributed by atoms with Crippen LogP contribution in [0, 0.1) is 12.3 Å². The Morgan fingerprint density at radius 3 is 2.79 bits per heavy atom. The third-order valence-corrected chi connectivity index (χ3v) is 2.91. The lowest BCUT2D eigenvalue weighted by Gasteiger charge is -2.09. The maximum Gasteiger partial charge on any atom is 0.252 e. The SMILES string of the molecule is C#CCCC1(CCNC(=O)c2ccc(N)nc2)N=N1. The van der Waals surface area contributed by atoms with Crippen LogP contribution in [0.2, 0.25) is 0 Å². The van der Waals surface area contributed by atoms with Crippen LogP contribution >= 0.6 is 0 Å². The number of carbonyl (C=O) groups is 1. The van der Waals surface area contributed by atoms with Crippen LogP contribution in [0.4, 0.5) is 5.82 Å². The number of hydrogen-bond acceptors (Lipinski definition) is 5. The van der Waals surface area contributed by atoms with E-state index in [2.05, 4.69) is 26.4 Å². The van der Waals surface area contributed by atoms with Gasteiger partial charge in [0.2, 0.25) is 0 Å². The number of terminal acetylenes is 1. The number of anilines is 1. The van der Waals surface area contributed by atoms with Crippen molar-refractivity contribution < 1.29 is 4.79 Å².